The van der Waals surface area contributed by atoms with Crippen LogP contribution in [0.4, 0.5) is 5.69 Å². The van der Waals surface area contributed by atoms with Gasteiger partial charge in [-0.2, -0.15) is 0 Å². The van der Waals surface area contributed by atoms with Gasteiger partial charge in [-0.1, -0.05) is 49.4 Å². The first-order valence-electron chi connectivity index (χ1n) is 7.25. The summed E-state index contributed by atoms with van der Waals surface area (Å²) in [6.07, 6.45) is 0.254. The lowest BCUT2D eigenvalue weighted by molar-refractivity contribution is -0.117. The topological polar surface area (TPSA) is 49.3 Å². The predicted octanol–water partition coefficient (Wildman–Crippen LogP) is 3.87. The molecule has 2 atom stereocenters. The van der Waals surface area contributed by atoms with Crippen LogP contribution in [0, 0.1) is 0 Å². The van der Waals surface area contributed by atoms with E-state index in [0.717, 1.165) is 23.2 Å². The zero-order valence-corrected chi connectivity index (χ0v) is 12.4. The molecular weight excluding hydrogens is 262 g/mol. The molecule has 1 amide bonds. The molecule has 0 saturated heterocycles. The molecule has 0 aromatic heterocycles. The zero-order chi connectivity index (χ0) is 15.2. The van der Waals surface area contributed by atoms with E-state index < -0.39 is 6.10 Å². The van der Waals surface area contributed by atoms with Crippen molar-refractivity contribution in [2.24, 2.45) is 0 Å². The lowest BCUT2D eigenvalue weighted by atomic mass is 9.95. The Hall–Kier alpha value is -2.13. The lowest BCUT2D eigenvalue weighted by Crippen LogP contribution is -2.20. The first kappa shape index (κ1) is 15.3. The number of hydrogen-bond donors (Lipinski definition) is 2. The van der Waals surface area contributed by atoms with Crippen molar-refractivity contribution in [3.8, 4) is 0 Å². The van der Waals surface area contributed by atoms with E-state index in [2.05, 4.69) is 5.32 Å². The van der Waals surface area contributed by atoms with Crippen molar-refractivity contribution in [3.05, 3.63) is 65.7 Å². The maximum Gasteiger partial charge on any atom is 0.231 e. The van der Waals surface area contributed by atoms with E-state index in [-0.39, 0.29) is 11.8 Å². The summed E-state index contributed by atoms with van der Waals surface area (Å²) in [6, 6.07) is 17.1. The quantitative estimate of drug-likeness (QED) is 0.875. The molecule has 0 aliphatic heterocycles. The number of nitrogens with one attached hydrogen (secondary N) is 1. The SMILES string of the molecule is CCC(C(=O)Nc1ccc(C(C)O)cc1)c1ccccc1. The molecule has 0 aliphatic rings. The van der Waals surface area contributed by atoms with E-state index in [4.69, 9.17) is 0 Å². The third kappa shape index (κ3) is 3.92. The van der Waals surface area contributed by atoms with Crippen LogP contribution in [-0.4, -0.2) is 11.0 Å². The van der Waals surface area contributed by atoms with Crippen LogP contribution < -0.4 is 5.32 Å². The first-order chi connectivity index (χ1) is 10.1. The van der Waals surface area contributed by atoms with E-state index in [1.807, 2.05) is 61.5 Å². The number of rotatable bonds is 5. The average molecular weight is 283 g/mol. The Morgan fingerprint density at radius 2 is 1.67 bits per heavy atom. The van der Waals surface area contributed by atoms with Crippen molar-refractivity contribution in [1.29, 1.82) is 0 Å². The summed E-state index contributed by atoms with van der Waals surface area (Å²) in [7, 11) is 0. The number of anilines is 1. The van der Waals surface area contributed by atoms with Crippen molar-refractivity contribution in [2.45, 2.75) is 32.3 Å². The third-order valence-electron chi connectivity index (χ3n) is 3.59. The maximum atomic E-state index is 12.4. The largest absolute Gasteiger partial charge is 0.389 e. The fraction of sp³-hybridized carbons (Fsp3) is 0.278. The lowest BCUT2D eigenvalue weighted by Gasteiger charge is -2.16. The molecule has 0 radical (unpaired) electrons. The van der Waals surface area contributed by atoms with Crippen LogP contribution >= 0.6 is 0 Å². The number of aliphatic hydroxyl groups is 1. The fourth-order valence-corrected chi connectivity index (χ4v) is 2.33. The molecule has 110 valence electrons. The fourth-order valence-electron chi connectivity index (χ4n) is 2.33. The van der Waals surface area contributed by atoms with E-state index in [0.29, 0.717) is 0 Å². The highest BCUT2D eigenvalue weighted by Gasteiger charge is 2.18. The number of carbonyl (C=O) groups is 1. The number of benzene rings is 2. The molecule has 3 heteroatoms. The number of aliphatic hydroxyl groups excluding tert-OH is 1. The van der Waals surface area contributed by atoms with Crippen molar-refractivity contribution in [3.63, 3.8) is 0 Å². The Balaban J connectivity index is 2.09. The summed E-state index contributed by atoms with van der Waals surface area (Å²) < 4.78 is 0. The Morgan fingerprint density at radius 3 is 2.19 bits per heavy atom. The molecule has 21 heavy (non-hydrogen) atoms. The molecule has 2 aromatic carbocycles. The predicted molar refractivity (Wildman–Crippen MR) is 85.2 cm³/mol. The summed E-state index contributed by atoms with van der Waals surface area (Å²) in [5.74, 6) is -0.156. The second-order valence-corrected chi connectivity index (χ2v) is 5.16. The van der Waals surface area contributed by atoms with Gasteiger partial charge in [0.2, 0.25) is 5.91 Å². The van der Waals surface area contributed by atoms with Crippen molar-refractivity contribution < 1.29 is 9.90 Å². The van der Waals surface area contributed by atoms with Crippen molar-refractivity contribution in [1.82, 2.24) is 0 Å². The van der Waals surface area contributed by atoms with Gasteiger partial charge in [-0.05, 0) is 36.6 Å². The van der Waals surface area contributed by atoms with Crippen LogP contribution in [0.3, 0.4) is 0 Å². The molecule has 2 rings (SSSR count). The second-order valence-electron chi connectivity index (χ2n) is 5.16. The first-order valence-corrected chi connectivity index (χ1v) is 7.25. The third-order valence-corrected chi connectivity index (χ3v) is 3.59. The Morgan fingerprint density at radius 1 is 1.05 bits per heavy atom. The highest BCUT2D eigenvalue weighted by Crippen LogP contribution is 2.22. The van der Waals surface area contributed by atoms with Gasteiger partial charge in [0.25, 0.3) is 0 Å². The molecule has 2 unspecified atom stereocenters. The van der Waals surface area contributed by atoms with Crippen molar-refractivity contribution >= 4 is 11.6 Å². The zero-order valence-electron chi connectivity index (χ0n) is 12.4. The number of amides is 1. The molecule has 0 bridgehead atoms. The van der Waals surface area contributed by atoms with Gasteiger partial charge in [-0.25, -0.2) is 0 Å². The van der Waals surface area contributed by atoms with Crippen LogP contribution in [-0.2, 0) is 4.79 Å². The van der Waals surface area contributed by atoms with Gasteiger partial charge in [0, 0.05) is 5.69 Å². The smallest absolute Gasteiger partial charge is 0.231 e. The molecule has 2 N–H and O–H groups in total. The Kier molecular flexibility index (Phi) is 5.12. The molecule has 0 spiro atoms. The summed E-state index contributed by atoms with van der Waals surface area (Å²) in [5, 5.41) is 12.4. The van der Waals surface area contributed by atoms with Gasteiger partial charge < -0.3 is 10.4 Å². The normalized spacial score (nSPS) is 13.5. The minimum absolute atomic E-state index is 0.00602. The highest BCUT2D eigenvalue weighted by atomic mass is 16.3. The van der Waals surface area contributed by atoms with Crippen LogP contribution in [0.5, 0.6) is 0 Å². The summed E-state index contributed by atoms with van der Waals surface area (Å²) in [5.41, 5.74) is 2.61. The standard InChI is InChI=1S/C18H21NO2/c1-3-17(15-7-5-4-6-8-15)18(21)19-16-11-9-14(10-12-16)13(2)20/h4-13,17,20H,3H2,1-2H3,(H,19,21). The van der Waals surface area contributed by atoms with Crippen LogP contribution in [0.1, 0.15) is 43.4 Å². The maximum absolute atomic E-state index is 12.4. The average Bonchev–Trinajstić information content (AvgIpc) is 2.49. The van der Waals surface area contributed by atoms with Gasteiger partial charge in [0.15, 0.2) is 0 Å². The summed E-state index contributed by atoms with van der Waals surface area (Å²) in [6.45, 7) is 3.73. The van der Waals surface area contributed by atoms with E-state index in [9.17, 15) is 9.90 Å². The van der Waals surface area contributed by atoms with Crippen LogP contribution in [0.2, 0.25) is 0 Å². The van der Waals surface area contributed by atoms with Gasteiger partial charge >= 0.3 is 0 Å². The number of carbonyl (C=O) groups excluding carboxylic acids is 1. The molecule has 0 fully saturated rings. The van der Waals surface area contributed by atoms with E-state index >= 15 is 0 Å². The molecule has 2 aromatic rings. The minimum Gasteiger partial charge on any atom is -0.389 e. The van der Waals surface area contributed by atoms with E-state index in [1.165, 1.54) is 0 Å². The van der Waals surface area contributed by atoms with Gasteiger partial charge in [-0.3, -0.25) is 4.79 Å². The molecule has 0 aliphatic carbocycles. The van der Waals surface area contributed by atoms with Gasteiger partial charge in [0.1, 0.15) is 0 Å². The van der Waals surface area contributed by atoms with Gasteiger partial charge in [0.05, 0.1) is 12.0 Å². The summed E-state index contributed by atoms with van der Waals surface area (Å²) >= 11 is 0. The number of hydrogen-bond acceptors (Lipinski definition) is 2. The highest BCUT2D eigenvalue weighted by molar-refractivity contribution is 5.95. The minimum atomic E-state index is -0.498. The van der Waals surface area contributed by atoms with Crippen LogP contribution in [0.15, 0.2) is 54.6 Å². The monoisotopic (exact) mass is 283 g/mol. The Bertz CT molecular complexity index is 576. The second kappa shape index (κ2) is 7.04. The Labute approximate surface area is 125 Å². The molecule has 3 nitrogen and oxygen atoms in total. The van der Waals surface area contributed by atoms with Crippen molar-refractivity contribution in [2.75, 3.05) is 5.32 Å². The van der Waals surface area contributed by atoms with E-state index in [1.54, 1.807) is 6.92 Å². The summed E-state index contributed by atoms with van der Waals surface area (Å²) in [4.78, 5) is 12.4. The van der Waals surface area contributed by atoms with Crippen LogP contribution in [0.25, 0.3) is 0 Å². The molecule has 0 heterocycles. The van der Waals surface area contributed by atoms with Gasteiger partial charge in [-0.15, -0.1) is 0 Å². The molecule has 0 saturated carbocycles. The molecular formula is C18H21NO2.